The number of imidazole rings is 1. The van der Waals surface area contributed by atoms with Crippen molar-refractivity contribution in [1.29, 1.82) is 0 Å². The summed E-state index contributed by atoms with van der Waals surface area (Å²) in [5, 5.41) is 8.56. The van der Waals surface area contributed by atoms with E-state index in [1.165, 1.54) is 0 Å². The molecule has 180 valence electrons. The van der Waals surface area contributed by atoms with E-state index in [0.29, 0.717) is 61.1 Å². The Morgan fingerprint density at radius 2 is 2.06 bits per heavy atom. The van der Waals surface area contributed by atoms with Crippen molar-refractivity contribution in [2.24, 2.45) is 0 Å². The minimum Gasteiger partial charge on any atom is -0.494 e. The van der Waals surface area contributed by atoms with E-state index in [4.69, 9.17) is 19.7 Å². The zero-order valence-electron chi connectivity index (χ0n) is 19.1. The van der Waals surface area contributed by atoms with Crippen LogP contribution < -0.4 is 15.1 Å². The van der Waals surface area contributed by atoms with E-state index in [1.807, 2.05) is 9.47 Å². The lowest BCUT2D eigenvalue weighted by molar-refractivity contribution is -0.129. The van der Waals surface area contributed by atoms with E-state index in [2.05, 4.69) is 16.9 Å². The quantitative estimate of drug-likeness (QED) is 0.198. The molecule has 1 aliphatic heterocycles. The van der Waals surface area contributed by atoms with Gasteiger partial charge in [0.15, 0.2) is 5.65 Å². The second-order valence-corrected chi connectivity index (χ2v) is 7.93. The number of benzene rings is 1. The predicted octanol–water partition coefficient (Wildman–Crippen LogP) is 1.97. The Labute approximate surface area is 196 Å². The lowest BCUT2D eigenvalue weighted by Gasteiger charge is -2.27. The van der Waals surface area contributed by atoms with Gasteiger partial charge in [-0.25, -0.2) is 15.4 Å². The zero-order chi connectivity index (χ0) is 23.9. The molecule has 0 spiro atoms. The molecule has 1 aromatic carbocycles. The fourth-order valence-corrected chi connectivity index (χ4v) is 3.74. The van der Waals surface area contributed by atoms with Crippen molar-refractivity contribution >= 4 is 28.8 Å². The number of morpholine rings is 1. The van der Waals surface area contributed by atoms with Crippen molar-refractivity contribution in [2.45, 2.75) is 32.7 Å². The number of fused-ring (bicyclic) bond motifs is 1. The fraction of sp³-hybridized carbons (Fsp3) is 0.435. The van der Waals surface area contributed by atoms with Gasteiger partial charge in [-0.15, -0.1) is 0 Å². The van der Waals surface area contributed by atoms with Crippen LogP contribution in [0.25, 0.3) is 11.2 Å². The van der Waals surface area contributed by atoms with Crippen molar-refractivity contribution in [2.75, 3.05) is 37.8 Å². The molecule has 0 aliphatic carbocycles. The number of anilines is 1. The monoisotopic (exact) mass is 468 g/mol. The maximum absolute atomic E-state index is 13.6. The molecule has 1 amide bonds. The summed E-state index contributed by atoms with van der Waals surface area (Å²) in [6.45, 7) is 5.55. The number of hydrogen-bond donors (Lipinski definition) is 2. The highest BCUT2D eigenvalue weighted by atomic mass is 16.5. The van der Waals surface area contributed by atoms with Gasteiger partial charge in [0.2, 0.25) is 17.6 Å². The molecular weight excluding hydrogens is 440 g/mol. The van der Waals surface area contributed by atoms with Gasteiger partial charge in [-0.05, 0) is 25.0 Å². The molecule has 0 atom stereocenters. The van der Waals surface area contributed by atoms with Crippen LogP contribution in [0.1, 0.15) is 42.2 Å². The first-order valence-electron chi connectivity index (χ1n) is 11.4. The molecule has 0 bridgehead atoms. The van der Waals surface area contributed by atoms with Gasteiger partial charge in [0, 0.05) is 31.6 Å². The Morgan fingerprint density at radius 3 is 2.82 bits per heavy atom. The zero-order valence-corrected chi connectivity index (χ0v) is 19.1. The second-order valence-electron chi connectivity index (χ2n) is 7.93. The number of hydroxylamine groups is 1. The van der Waals surface area contributed by atoms with E-state index < -0.39 is 5.91 Å². The molecule has 0 radical (unpaired) electrons. The van der Waals surface area contributed by atoms with Gasteiger partial charge in [0.25, 0.3) is 0 Å². The van der Waals surface area contributed by atoms with Gasteiger partial charge >= 0.3 is 0 Å². The summed E-state index contributed by atoms with van der Waals surface area (Å²) in [5.41, 5.74) is 3.36. The maximum atomic E-state index is 13.6. The van der Waals surface area contributed by atoms with E-state index in [9.17, 15) is 9.59 Å². The number of hydrogen-bond acceptors (Lipinski definition) is 9. The maximum Gasteiger partial charge on any atom is 0.243 e. The lowest BCUT2D eigenvalue weighted by Crippen LogP contribution is -2.37. The Morgan fingerprint density at radius 1 is 1.24 bits per heavy atom. The van der Waals surface area contributed by atoms with Crippen LogP contribution >= 0.6 is 0 Å². The average molecular weight is 469 g/mol. The number of aryl methyl sites for hydroxylation is 1. The number of ketones is 1. The van der Waals surface area contributed by atoms with Crippen LogP contribution in [0.15, 0.2) is 30.6 Å². The van der Waals surface area contributed by atoms with Crippen molar-refractivity contribution in [3.63, 3.8) is 0 Å². The first-order valence-corrected chi connectivity index (χ1v) is 11.4. The van der Waals surface area contributed by atoms with Crippen LogP contribution in [-0.4, -0.2) is 69.3 Å². The summed E-state index contributed by atoms with van der Waals surface area (Å²) >= 11 is 0. The average Bonchev–Trinajstić information content (AvgIpc) is 3.29. The fourth-order valence-electron chi connectivity index (χ4n) is 3.74. The largest absolute Gasteiger partial charge is 0.494 e. The van der Waals surface area contributed by atoms with Crippen LogP contribution in [0.3, 0.4) is 0 Å². The van der Waals surface area contributed by atoms with E-state index in [-0.39, 0.29) is 24.5 Å². The molecule has 0 unspecified atom stereocenters. The normalized spacial score (nSPS) is 13.8. The van der Waals surface area contributed by atoms with Crippen LogP contribution in [0.2, 0.25) is 0 Å². The molecule has 3 aromatic rings. The minimum absolute atomic E-state index is 0.138. The molecule has 1 saturated heterocycles. The molecule has 11 nitrogen and oxygen atoms in total. The van der Waals surface area contributed by atoms with Gasteiger partial charge in [-0.1, -0.05) is 19.1 Å². The Hall–Kier alpha value is -3.57. The summed E-state index contributed by atoms with van der Waals surface area (Å²) in [6, 6.07) is 6.84. The van der Waals surface area contributed by atoms with Crippen LogP contribution in [0, 0.1) is 0 Å². The highest BCUT2D eigenvalue weighted by molar-refractivity contribution is 6.13. The molecule has 2 N–H and O–H groups in total. The highest BCUT2D eigenvalue weighted by Crippen LogP contribution is 2.24. The predicted molar refractivity (Wildman–Crippen MR) is 123 cm³/mol. The summed E-state index contributed by atoms with van der Waals surface area (Å²) < 4.78 is 13.1. The first kappa shape index (κ1) is 23.6. The molecule has 11 heteroatoms. The topological polar surface area (TPSA) is 132 Å². The van der Waals surface area contributed by atoms with Gasteiger partial charge in [-0.2, -0.15) is 4.98 Å². The van der Waals surface area contributed by atoms with Gasteiger partial charge in [-0.3, -0.25) is 14.8 Å². The standard InChI is InChI=1S/C23H28N6O5/c1-2-8-29-15-24-20-19(25-23(26-22(20)29)28-9-12-33-13-10-28)21(31)16-5-3-6-17(14-16)34-11-4-7-18(30)27-32/h3,5-6,14-15,32H,2,4,7-13H2,1H3,(H,27,30). The Balaban J connectivity index is 1.62. The number of nitrogens with one attached hydrogen (secondary N) is 1. The third-order valence-corrected chi connectivity index (χ3v) is 5.46. The number of aromatic nitrogens is 4. The smallest absolute Gasteiger partial charge is 0.243 e. The van der Waals surface area contributed by atoms with Crippen molar-refractivity contribution in [3.8, 4) is 5.75 Å². The molecule has 3 heterocycles. The number of rotatable bonds is 10. The van der Waals surface area contributed by atoms with Gasteiger partial charge in [0.05, 0.1) is 26.1 Å². The third-order valence-electron chi connectivity index (χ3n) is 5.46. The number of ether oxygens (including phenoxy) is 2. The number of nitrogens with zero attached hydrogens (tertiary/aromatic N) is 5. The summed E-state index contributed by atoms with van der Waals surface area (Å²) in [6.07, 6.45) is 3.17. The van der Waals surface area contributed by atoms with Gasteiger partial charge < -0.3 is 18.9 Å². The highest BCUT2D eigenvalue weighted by Gasteiger charge is 2.23. The SMILES string of the molecule is CCCn1cnc2c(C(=O)c3cccc(OCCCC(=O)NO)c3)nc(N3CCOCC3)nc21. The Bertz CT molecular complexity index is 1160. The molecule has 34 heavy (non-hydrogen) atoms. The molecule has 2 aromatic heterocycles. The van der Waals surface area contributed by atoms with Crippen LogP contribution in [0.5, 0.6) is 5.75 Å². The number of carbonyl (C=O) groups excluding carboxylic acids is 2. The molecule has 4 rings (SSSR count). The lowest BCUT2D eigenvalue weighted by atomic mass is 10.1. The summed E-state index contributed by atoms with van der Waals surface area (Å²) in [7, 11) is 0. The Kier molecular flexibility index (Phi) is 7.65. The van der Waals surface area contributed by atoms with Crippen LogP contribution in [0.4, 0.5) is 5.95 Å². The summed E-state index contributed by atoms with van der Waals surface area (Å²) in [4.78, 5) is 40.5. The number of carbonyl (C=O) groups is 2. The van der Waals surface area contributed by atoms with Crippen LogP contribution in [-0.2, 0) is 16.1 Å². The van der Waals surface area contributed by atoms with Crippen molar-refractivity contribution < 1.29 is 24.3 Å². The van der Waals surface area contributed by atoms with E-state index in [1.54, 1.807) is 36.1 Å². The first-order chi connectivity index (χ1) is 16.6. The minimum atomic E-state index is -0.473. The number of amides is 1. The molecular formula is C23H28N6O5. The second kappa shape index (κ2) is 11.0. The third kappa shape index (κ3) is 5.32. The van der Waals surface area contributed by atoms with Crippen molar-refractivity contribution in [1.82, 2.24) is 25.0 Å². The van der Waals surface area contributed by atoms with Crippen molar-refractivity contribution in [3.05, 3.63) is 41.9 Å². The summed E-state index contributed by atoms with van der Waals surface area (Å²) in [5.74, 6) is 0.254. The molecule has 1 aliphatic rings. The molecule has 1 fully saturated rings. The van der Waals surface area contributed by atoms with E-state index in [0.717, 1.165) is 13.0 Å². The van der Waals surface area contributed by atoms with Gasteiger partial charge in [0.1, 0.15) is 17.0 Å². The van der Waals surface area contributed by atoms with E-state index >= 15 is 0 Å². The molecule has 0 saturated carbocycles.